The number of hydrogen-bond acceptors (Lipinski definition) is 8. The topological polar surface area (TPSA) is 111 Å². The van der Waals surface area contributed by atoms with Gasteiger partial charge in [-0.2, -0.15) is 0 Å². The van der Waals surface area contributed by atoms with E-state index in [1.54, 1.807) is 36.8 Å². The molecule has 689 valence electrons. The van der Waals surface area contributed by atoms with E-state index in [-0.39, 0.29) is 60.3 Å². The molecule has 0 N–H and O–H groups in total. The first kappa shape index (κ1) is 100. The molecule has 23 rings (SSSR count). The minimum absolute atomic E-state index is 0. The Hall–Kier alpha value is -13.0. The summed E-state index contributed by atoms with van der Waals surface area (Å²) in [5, 5.41) is 16.7. The monoisotopic (exact) mass is 2430 g/mol. The maximum absolute atomic E-state index is 13.2. The van der Waals surface area contributed by atoms with Crippen molar-refractivity contribution in [3.63, 3.8) is 0 Å². The van der Waals surface area contributed by atoms with Crippen LogP contribution in [-0.2, 0) is 70.2 Å². The number of sulfone groups is 1. The van der Waals surface area contributed by atoms with Gasteiger partial charge in [-0.25, -0.2) is 8.42 Å². The molecule has 20 aromatic rings. The van der Waals surface area contributed by atoms with Gasteiger partial charge in [-0.15, -0.1) is 189 Å². The fraction of sp³-hybridized carbons (Fsp3) is 0.0656. The molecule has 0 saturated heterocycles. The second-order valence-corrected chi connectivity index (χ2v) is 58.9. The van der Waals surface area contributed by atoms with Gasteiger partial charge in [0, 0.05) is 97.5 Å². The third kappa shape index (κ3) is 21.0. The number of hydrogen-bond donors (Lipinski definition) is 0. The molecule has 14 aromatic carbocycles. The summed E-state index contributed by atoms with van der Waals surface area (Å²) >= 11 is 0. The van der Waals surface area contributed by atoms with E-state index < -0.39 is 50.2 Å². The first-order valence-corrected chi connectivity index (χ1v) is 61.3. The molecule has 0 bridgehead atoms. The Labute approximate surface area is 864 Å². The maximum Gasteiger partial charge on any atom is 0.173 e. The van der Waals surface area contributed by atoms with Gasteiger partial charge in [0.05, 0.1) is 13.0 Å². The zero-order valence-corrected chi connectivity index (χ0v) is 91.3. The van der Waals surface area contributed by atoms with Crippen LogP contribution >= 0.6 is 0 Å². The largest absolute Gasteiger partial charge is 0.305 e. The van der Waals surface area contributed by atoms with E-state index in [1.807, 2.05) is 164 Å². The minimum atomic E-state index is -3.59. The predicted octanol–water partition coefficient (Wildman–Crippen LogP) is 20.7. The van der Waals surface area contributed by atoms with Gasteiger partial charge in [0.1, 0.15) is 32.3 Å². The molecule has 0 spiro atoms. The zero-order valence-electron chi connectivity index (χ0n) is 78.3. The van der Waals surface area contributed by atoms with E-state index in [0.29, 0.717) is 21.0 Å². The second kappa shape index (κ2) is 44.8. The molecule has 8 nitrogen and oxygen atoms in total. The van der Waals surface area contributed by atoms with Gasteiger partial charge in [-0.05, 0) is 101 Å². The molecular formula is C122H100Ir3N6O2SSi5-6. The van der Waals surface area contributed by atoms with E-state index >= 15 is 0 Å². The van der Waals surface area contributed by atoms with E-state index in [0.717, 1.165) is 61.9 Å². The second-order valence-electron chi connectivity index (χ2n) is 35.8. The Kier molecular flexibility index (Phi) is 32.4. The standard InChI is InChI=1S/C37H30NSi2.C27H26NSi2.C25H20NO2SSi.3C11H8N.3Ir/c1-39(2,28-15-6-3-7-16-28)31-25-26-35(38-27-31)34-23-14-22-33-32-21-12-13-24-36(32)40(37(33)34,29-17-8-4-9-18-29)30-19-10-5-11-20-30;1-29(2,20-11-6-5-7-12-20)21-17-18-25(28-19-21)24-15-10-14-23-22-13-8-9-16-26(22)30(3,4)27(23)24;1-30(2,18-9-4-3-5-10-18)19-15-16-23(26-17-19)22-13-8-12-21-20-11-6-7-14-24(20)29(27,28)25(21)22;3*1-2-6-10(7-3-1)11-8-4-5-9-12-11;;;/h3-22,24-27H,1-2H3;5-14,16-19H,1-4H3;3-12,14-17H,1-2H3;3*1-6,8-9H;;;/q6*-1;;;. The first-order chi connectivity index (χ1) is 66.3. The fourth-order valence-electron chi connectivity index (χ4n) is 18.8. The smallest absolute Gasteiger partial charge is 0.173 e. The van der Waals surface area contributed by atoms with Crippen LogP contribution in [0.2, 0.25) is 52.4 Å². The van der Waals surface area contributed by atoms with E-state index in [9.17, 15) is 8.42 Å². The summed E-state index contributed by atoms with van der Waals surface area (Å²) in [4.78, 5) is 28.1. The van der Waals surface area contributed by atoms with Crippen LogP contribution < -0.4 is 62.2 Å². The molecule has 3 radical (unpaired) electrons. The van der Waals surface area contributed by atoms with Crippen molar-refractivity contribution >= 4 is 112 Å². The predicted molar refractivity (Wildman–Crippen MR) is 576 cm³/mol. The summed E-state index contributed by atoms with van der Waals surface area (Å²) < 4.78 is 26.5. The Morgan fingerprint density at radius 3 is 0.935 bits per heavy atom. The zero-order chi connectivity index (χ0) is 93.7. The number of nitrogens with zero attached hydrogens (tertiary/aromatic N) is 6. The van der Waals surface area contributed by atoms with Gasteiger partial charge >= 0.3 is 0 Å². The molecule has 0 saturated carbocycles. The average Bonchev–Trinajstić information content (AvgIpc) is 1.53. The van der Waals surface area contributed by atoms with Gasteiger partial charge < -0.3 is 29.9 Å². The van der Waals surface area contributed by atoms with Crippen molar-refractivity contribution in [1.82, 2.24) is 29.9 Å². The Bertz CT molecular complexity index is 7270. The van der Waals surface area contributed by atoms with Crippen molar-refractivity contribution in [2.24, 2.45) is 0 Å². The summed E-state index contributed by atoms with van der Waals surface area (Å²) in [5.41, 5.74) is 18.4. The number of benzene rings is 14. The quantitative estimate of drug-likeness (QED) is 0.0782. The number of pyridine rings is 6. The molecule has 0 aliphatic carbocycles. The summed E-state index contributed by atoms with van der Waals surface area (Å²) in [7, 11) is -13.4. The van der Waals surface area contributed by atoms with Gasteiger partial charge in [0.25, 0.3) is 0 Å². The van der Waals surface area contributed by atoms with Crippen molar-refractivity contribution in [2.45, 2.75) is 62.2 Å². The van der Waals surface area contributed by atoms with Crippen LogP contribution in [0, 0.1) is 36.4 Å². The Morgan fingerprint density at radius 2 is 0.561 bits per heavy atom. The van der Waals surface area contributed by atoms with E-state index in [2.05, 4.69) is 370 Å². The summed E-state index contributed by atoms with van der Waals surface area (Å²) in [5.74, 6) is 0. The number of fused-ring (bicyclic) bond motifs is 9. The normalized spacial score (nSPS) is 12.5. The SMILES string of the molecule is C[Si](C)(c1ccccc1)c1ccc(-c2[c-]ccc3c2S(=O)(=O)c2ccccc2-3)nc1.C[Si](C)(c1ccccc1)c1ccc(-c2[c-]ccc3c2[Si](C)(C)c2ccccc2-3)nc1.C[Si](C)(c1ccccc1)c1ccc(-c2[c-]ccc3c2[Si](c2ccccc2)(c2ccccc2)c2ccccc2-3)nc1.[Ir].[Ir].[Ir].[c-]1ccccc1-c1ccccn1.[c-]1ccccc1-c1ccccn1.[c-]1ccccc1-c1ccccn1. The van der Waals surface area contributed by atoms with E-state index in [4.69, 9.17) is 9.97 Å². The molecule has 17 heteroatoms. The van der Waals surface area contributed by atoms with Crippen molar-refractivity contribution in [2.75, 3.05) is 0 Å². The molecular weight excluding hydrogens is 2330 g/mol. The van der Waals surface area contributed by atoms with Crippen LogP contribution in [0.4, 0.5) is 0 Å². The van der Waals surface area contributed by atoms with Crippen LogP contribution in [-0.4, -0.2) is 78.7 Å². The van der Waals surface area contributed by atoms with E-state index in [1.165, 1.54) is 90.1 Å². The van der Waals surface area contributed by atoms with Crippen LogP contribution in [0.25, 0.3) is 101 Å². The van der Waals surface area contributed by atoms with Crippen molar-refractivity contribution in [3.05, 3.63) is 498 Å². The van der Waals surface area contributed by atoms with Crippen LogP contribution in [0.1, 0.15) is 0 Å². The van der Waals surface area contributed by atoms with Crippen LogP contribution in [0.3, 0.4) is 0 Å². The van der Waals surface area contributed by atoms with Crippen LogP contribution in [0.15, 0.2) is 472 Å². The van der Waals surface area contributed by atoms with Crippen molar-refractivity contribution < 1.29 is 68.7 Å². The molecule has 0 unspecified atom stereocenters. The van der Waals surface area contributed by atoms with Gasteiger partial charge in [-0.1, -0.05) is 391 Å². The molecule has 0 fully saturated rings. The van der Waals surface area contributed by atoms with Crippen molar-refractivity contribution in [1.29, 1.82) is 0 Å². The first-order valence-electron chi connectivity index (χ1n) is 45.8. The Morgan fingerprint density at radius 1 is 0.245 bits per heavy atom. The summed E-state index contributed by atoms with van der Waals surface area (Å²) in [6.07, 6.45) is 11.5. The third-order valence-corrected chi connectivity index (χ3v) is 47.2. The molecule has 3 aliphatic heterocycles. The molecule has 0 atom stereocenters. The fourth-order valence-corrected chi connectivity index (χ4v) is 36.2. The van der Waals surface area contributed by atoms with Crippen molar-refractivity contribution in [3.8, 4) is 101 Å². The molecule has 0 amide bonds. The minimum Gasteiger partial charge on any atom is -0.305 e. The average molecular weight is 2430 g/mol. The number of rotatable bonds is 14. The molecule has 3 aliphatic rings. The number of aromatic nitrogens is 6. The van der Waals surface area contributed by atoms with Crippen LogP contribution in [0.5, 0.6) is 0 Å². The Balaban J connectivity index is 0.000000133. The maximum atomic E-state index is 13.2. The molecule has 139 heavy (non-hydrogen) atoms. The van der Waals surface area contributed by atoms with Gasteiger partial charge in [0.2, 0.25) is 0 Å². The summed E-state index contributed by atoms with van der Waals surface area (Å²) in [6.45, 7) is 19.1. The van der Waals surface area contributed by atoms with Gasteiger partial charge in [0.15, 0.2) is 9.84 Å². The summed E-state index contributed by atoms with van der Waals surface area (Å²) in [6, 6.07) is 166. The van der Waals surface area contributed by atoms with Gasteiger partial charge in [-0.3, -0.25) is 0 Å². The third-order valence-electron chi connectivity index (χ3n) is 26.3. The molecule has 6 aromatic heterocycles. The molecule has 9 heterocycles.